The van der Waals surface area contributed by atoms with Crippen LogP contribution in [0.1, 0.15) is 23.2 Å². The van der Waals surface area contributed by atoms with Crippen molar-refractivity contribution >= 4 is 17.4 Å². The Morgan fingerprint density at radius 3 is 2.79 bits per heavy atom. The molecule has 5 nitrogen and oxygen atoms in total. The highest BCUT2D eigenvalue weighted by atomic mass is 16.3. The molecule has 0 spiro atoms. The maximum Gasteiger partial charge on any atom is 0.299 e. The molecule has 0 radical (unpaired) electrons. The lowest BCUT2D eigenvalue weighted by Crippen LogP contribution is -2.41. The van der Waals surface area contributed by atoms with Crippen molar-refractivity contribution in [2.45, 2.75) is 25.0 Å². The summed E-state index contributed by atoms with van der Waals surface area (Å²) in [5.41, 5.74) is 1.03. The zero-order valence-corrected chi connectivity index (χ0v) is 10.5. The van der Waals surface area contributed by atoms with Crippen molar-refractivity contribution in [3.63, 3.8) is 0 Å². The molecule has 1 saturated carbocycles. The van der Waals surface area contributed by atoms with Crippen LogP contribution in [0, 0.1) is 0 Å². The number of hydrogen-bond acceptors (Lipinski definition) is 4. The third kappa shape index (κ3) is 2.39. The van der Waals surface area contributed by atoms with Gasteiger partial charge in [-0.2, -0.15) is 0 Å². The number of nitrogens with one attached hydrogen (secondary N) is 1. The zero-order chi connectivity index (χ0) is 13.4. The molecule has 1 aromatic carbocycles. The van der Waals surface area contributed by atoms with Crippen molar-refractivity contribution in [2.24, 2.45) is 0 Å². The van der Waals surface area contributed by atoms with E-state index in [0.29, 0.717) is 23.8 Å². The molecule has 0 saturated heterocycles. The molecule has 1 fully saturated rings. The van der Waals surface area contributed by atoms with Gasteiger partial charge in [-0.25, -0.2) is 0 Å². The number of nitrogens with zero attached hydrogens (tertiary/aromatic N) is 1. The van der Waals surface area contributed by atoms with Crippen molar-refractivity contribution in [3.05, 3.63) is 29.8 Å². The molecule has 100 valence electrons. The average Bonchev–Trinajstić information content (AvgIpc) is 3.22. The highest BCUT2D eigenvalue weighted by Gasteiger charge is 2.36. The van der Waals surface area contributed by atoms with Crippen molar-refractivity contribution in [3.8, 4) is 0 Å². The Balaban J connectivity index is 1.69. The van der Waals surface area contributed by atoms with E-state index in [9.17, 15) is 14.7 Å². The Labute approximate surface area is 111 Å². The molecule has 2 aliphatic rings. The number of fused-ring (bicyclic) bond motifs is 1. The number of amides is 1. The number of carbonyl (C=O) groups is 2. The lowest BCUT2D eigenvalue weighted by molar-refractivity contribution is -0.114. The van der Waals surface area contributed by atoms with Gasteiger partial charge in [-0.1, -0.05) is 12.1 Å². The summed E-state index contributed by atoms with van der Waals surface area (Å²) in [6.07, 6.45) is 1.64. The van der Waals surface area contributed by atoms with Gasteiger partial charge in [0.15, 0.2) is 0 Å². The number of aliphatic hydroxyl groups excluding tert-OH is 1. The standard InChI is InChI=1S/C14H16N2O3/c17-10(7-15-9-5-6-9)8-16-12-4-2-1-3-11(12)13(18)14(16)19/h1-4,9-10,15,17H,5-8H2. The fraction of sp³-hybridized carbons (Fsp3) is 0.429. The highest BCUT2D eigenvalue weighted by molar-refractivity contribution is 6.52. The number of rotatable bonds is 5. The van der Waals surface area contributed by atoms with Crippen LogP contribution in [-0.2, 0) is 4.79 Å². The number of Topliss-reactive ketones (excluding diaryl/α,β-unsaturated/α-hetero) is 1. The topological polar surface area (TPSA) is 69.6 Å². The van der Waals surface area contributed by atoms with E-state index in [2.05, 4.69) is 5.32 Å². The van der Waals surface area contributed by atoms with Gasteiger partial charge in [-0.3, -0.25) is 9.59 Å². The average molecular weight is 260 g/mol. The van der Waals surface area contributed by atoms with Crippen LogP contribution in [0.4, 0.5) is 5.69 Å². The summed E-state index contributed by atoms with van der Waals surface area (Å²) in [6.45, 7) is 0.603. The van der Waals surface area contributed by atoms with Crippen LogP contribution in [0.15, 0.2) is 24.3 Å². The molecule has 0 aromatic heterocycles. The van der Waals surface area contributed by atoms with E-state index in [0.717, 1.165) is 12.8 Å². The van der Waals surface area contributed by atoms with E-state index in [1.54, 1.807) is 24.3 Å². The molecule has 1 heterocycles. The molecule has 1 unspecified atom stereocenters. The Morgan fingerprint density at radius 2 is 2.05 bits per heavy atom. The molecule has 3 rings (SSSR count). The number of β-amino-alcohol motifs (C(OH)–C–C–N with tert-alkyl or cyclic N) is 1. The first-order valence-electron chi connectivity index (χ1n) is 6.53. The summed E-state index contributed by atoms with van der Waals surface area (Å²) in [4.78, 5) is 25.0. The number of benzene rings is 1. The summed E-state index contributed by atoms with van der Waals surface area (Å²) in [5, 5.41) is 13.2. The lowest BCUT2D eigenvalue weighted by atomic mass is 10.1. The van der Waals surface area contributed by atoms with E-state index < -0.39 is 17.8 Å². The van der Waals surface area contributed by atoms with Crippen LogP contribution in [0.2, 0.25) is 0 Å². The molecule has 19 heavy (non-hydrogen) atoms. The molecular formula is C14H16N2O3. The van der Waals surface area contributed by atoms with Gasteiger partial charge in [-0.05, 0) is 25.0 Å². The van der Waals surface area contributed by atoms with Crippen molar-refractivity contribution in [2.75, 3.05) is 18.0 Å². The van der Waals surface area contributed by atoms with Gasteiger partial charge in [0.05, 0.1) is 23.9 Å². The molecule has 1 aromatic rings. The SMILES string of the molecule is O=C1C(=O)N(CC(O)CNC2CC2)c2ccccc21. The van der Waals surface area contributed by atoms with Gasteiger partial charge in [0.2, 0.25) is 0 Å². The molecule has 1 aliphatic heterocycles. The molecule has 1 atom stereocenters. The third-order valence-electron chi connectivity index (χ3n) is 3.49. The molecule has 1 amide bonds. The predicted molar refractivity (Wildman–Crippen MR) is 70.2 cm³/mol. The molecule has 5 heteroatoms. The highest BCUT2D eigenvalue weighted by Crippen LogP contribution is 2.28. The maximum atomic E-state index is 11.9. The van der Waals surface area contributed by atoms with Crippen molar-refractivity contribution in [1.82, 2.24) is 5.32 Å². The number of hydrogen-bond donors (Lipinski definition) is 2. The second-order valence-corrected chi connectivity index (χ2v) is 5.10. The predicted octanol–water partition coefficient (Wildman–Crippen LogP) is 0.329. The minimum Gasteiger partial charge on any atom is -0.390 e. The Kier molecular flexibility index (Phi) is 3.08. The van der Waals surface area contributed by atoms with Gasteiger partial charge < -0.3 is 15.3 Å². The van der Waals surface area contributed by atoms with Gasteiger partial charge >= 0.3 is 0 Å². The number of anilines is 1. The maximum absolute atomic E-state index is 11.9. The van der Waals surface area contributed by atoms with E-state index >= 15 is 0 Å². The van der Waals surface area contributed by atoms with E-state index in [1.165, 1.54) is 4.90 Å². The van der Waals surface area contributed by atoms with Gasteiger partial charge in [-0.15, -0.1) is 0 Å². The second kappa shape index (κ2) is 4.75. The fourth-order valence-corrected chi connectivity index (χ4v) is 2.29. The van der Waals surface area contributed by atoms with Crippen LogP contribution in [0.5, 0.6) is 0 Å². The van der Waals surface area contributed by atoms with Crippen LogP contribution in [0.25, 0.3) is 0 Å². The summed E-state index contributed by atoms with van der Waals surface area (Å²) >= 11 is 0. The molecular weight excluding hydrogens is 244 g/mol. The Bertz CT molecular complexity index is 525. The first kappa shape index (κ1) is 12.3. The fourth-order valence-electron chi connectivity index (χ4n) is 2.29. The quantitative estimate of drug-likeness (QED) is 0.749. The van der Waals surface area contributed by atoms with Crippen molar-refractivity contribution < 1.29 is 14.7 Å². The number of ketones is 1. The number of carbonyl (C=O) groups excluding carboxylic acids is 2. The number of aliphatic hydroxyl groups is 1. The van der Waals surface area contributed by atoms with E-state index in [1.807, 2.05) is 0 Å². The molecule has 1 aliphatic carbocycles. The monoisotopic (exact) mass is 260 g/mol. The molecule has 2 N–H and O–H groups in total. The minimum atomic E-state index is -0.663. The minimum absolute atomic E-state index is 0.154. The number of para-hydroxylation sites is 1. The van der Waals surface area contributed by atoms with Crippen molar-refractivity contribution in [1.29, 1.82) is 0 Å². The van der Waals surface area contributed by atoms with Gasteiger partial charge in [0.25, 0.3) is 11.7 Å². The summed E-state index contributed by atoms with van der Waals surface area (Å²) in [5.74, 6) is -1.04. The van der Waals surface area contributed by atoms with Gasteiger partial charge in [0, 0.05) is 12.6 Å². The van der Waals surface area contributed by atoms with Crippen LogP contribution in [-0.4, -0.2) is 42.0 Å². The largest absolute Gasteiger partial charge is 0.390 e. The van der Waals surface area contributed by atoms with Crippen LogP contribution >= 0.6 is 0 Å². The summed E-state index contributed by atoms with van der Waals surface area (Å²) < 4.78 is 0. The van der Waals surface area contributed by atoms with E-state index in [-0.39, 0.29) is 6.54 Å². The van der Waals surface area contributed by atoms with Crippen LogP contribution in [0.3, 0.4) is 0 Å². The smallest absolute Gasteiger partial charge is 0.299 e. The summed E-state index contributed by atoms with van der Waals surface area (Å²) in [6, 6.07) is 7.41. The first-order chi connectivity index (χ1) is 9.16. The second-order valence-electron chi connectivity index (χ2n) is 5.10. The normalized spacial score (nSPS) is 19.7. The Hall–Kier alpha value is -1.72. The van der Waals surface area contributed by atoms with E-state index in [4.69, 9.17) is 0 Å². The first-order valence-corrected chi connectivity index (χ1v) is 6.53. The Morgan fingerprint density at radius 1 is 1.32 bits per heavy atom. The van der Waals surface area contributed by atoms with Crippen LogP contribution < -0.4 is 10.2 Å². The van der Waals surface area contributed by atoms with Gasteiger partial charge in [0.1, 0.15) is 0 Å². The molecule has 0 bridgehead atoms. The zero-order valence-electron chi connectivity index (χ0n) is 10.5. The lowest BCUT2D eigenvalue weighted by Gasteiger charge is -2.20. The summed E-state index contributed by atoms with van der Waals surface area (Å²) in [7, 11) is 0. The third-order valence-corrected chi connectivity index (χ3v) is 3.49.